The molecule has 0 saturated carbocycles. The summed E-state index contributed by atoms with van der Waals surface area (Å²) in [5.74, 6) is -1.98. The SMILES string of the molecule is COC(=O)C(O)(c1c(C)[nH]n(-c2cc(C)cc(C)c2)c1=O)C(F)(F)F. The number of rotatable bonds is 3. The summed E-state index contributed by atoms with van der Waals surface area (Å²) in [6.07, 6.45) is -5.44. The molecule has 6 nitrogen and oxygen atoms in total. The van der Waals surface area contributed by atoms with Gasteiger partial charge in [0, 0.05) is 5.69 Å². The molecule has 1 aromatic carbocycles. The molecule has 0 aliphatic carbocycles. The van der Waals surface area contributed by atoms with Gasteiger partial charge < -0.3 is 9.84 Å². The normalized spacial score (nSPS) is 14.2. The van der Waals surface area contributed by atoms with Crippen LogP contribution in [-0.2, 0) is 15.1 Å². The molecule has 0 spiro atoms. The highest BCUT2D eigenvalue weighted by atomic mass is 19.4. The first-order chi connectivity index (χ1) is 11.4. The van der Waals surface area contributed by atoms with Gasteiger partial charge in [0.15, 0.2) is 0 Å². The van der Waals surface area contributed by atoms with Gasteiger partial charge in [-0.25, -0.2) is 9.48 Å². The van der Waals surface area contributed by atoms with Crippen LogP contribution in [-0.4, -0.2) is 34.1 Å². The van der Waals surface area contributed by atoms with Crippen LogP contribution in [0.15, 0.2) is 23.0 Å². The zero-order chi connectivity index (χ0) is 19.2. The molecule has 0 saturated heterocycles. The van der Waals surface area contributed by atoms with Crippen LogP contribution < -0.4 is 5.56 Å². The van der Waals surface area contributed by atoms with E-state index in [1.807, 2.05) is 6.07 Å². The molecule has 0 aliphatic rings. The average Bonchev–Trinajstić information content (AvgIpc) is 2.78. The number of benzene rings is 1. The second-order valence-corrected chi connectivity index (χ2v) is 5.80. The molecule has 0 bridgehead atoms. The number of aromatic nitrogens is 2. The molecule has 9 heteroatoms. The molecule has 2 aromatic rings. The topological polar surface area (TPSA) is 84.3 Å². The highest BCUT2D eigenvalue weighted by molar-refractivity contribution is 5.82. The Morgan fingerprint density at radius 2 is 1.68 bits per heavy atom. The summed E-state index contributed by atoms with van der Waals surface area (Å²) >= 11 is 0. The number of alkyl halides is 3. The lowest BCUT2D eigenvalue weighted by atomic mass is 9.93. The van der Waals surface area contributed by atoms with E-state index in [4.69, 9.17) is 0 Å². The Kier molecular flexibility index (Phi) is 4.56. The van der Waals surface area contributed by atoms with Gasteiger partial charge in [0.25, 0.3) is 11.2 Å². The maximum absolute atomic E-state index is 13.4. The van der Waals surface area contributed by atoms with E-state index in [-0.39, 0.29) is 11.4 Å². The molecule has 2 rings (SSSR count). The zero-order valence-corrected chi connectivity index (χ0v) is 14.0. The van der Waals surface area contributed by atoms with Crippen LogP contribution in [0.25, 0.3) is 5.69 Å². The summed E-state index contributed by atoms with van der Waals surface area (Å²) < 4.78 is 45.2. The van der Waals surface area contributed by atoms with Gasteiger partial charge in [-0.1, -0.05) is 6.07 Å². The van der Waals surface area contributed by atoms with E-state index in [1.165, 1.54) is 0 Å². The monoisotopic (exact) mass is 358 g/mol. The Labute approximate surface area is 140 Å². The van der Waals surface area contributed by atoms with Crippen LogP contribution in [0.4, 0.5) is 13.2 Å². The number of nitrogens with one attached hydrogen (secondary N) is 1. The fourth-order valence-electron chi connectivity index (χ4n) is 2.74. The van der Waals surface area contributed by atoms with Crippen LogP contribution in [0.1, 0.15) is 22.4 Å². The first-order valence-corrected chi connectivity index (χ1v) is 7.21. The number of aliphatic hydroxyl groups is 1. The van der Waals surface area contributed by atoms with E-state index in [0.717, 1.165) is 22.7 Å². The molecule has 0 aliphatic heterocycles. The van der Waals surface area contributed by atoms with Gasteiger partial charge in [-0.2, -0.15) is 13.2 Å². The van der Waals surface area contributed by atoms with Crippen molar-refractivity contribution in [3.8, 4) is 5.69 Å². The molecule has 1 atom stereocenters. The van der Waals surface area contributed by atoms with Crippen molar-refractivity contribution in [3.05, 3.63) is 50.9 Å². The lowest BCUT2D eigenvalue weighted by Gasteiger charge is -2.26. The lowest BCUT2D eigenvalue weighted by Crippen LogP contribution is -2.52. The van der Waals surface area contributed by atoms with Gasteiger partial charge in [-0.15, -0.1) is 0 Å². The van der Waals surface area contributed by atoms with Gasteiger partial charge in [0.2, 0.25) is 0 Å². The number of hydrogen-bond donors (Lipinski definition) is 2. The number of halogens is 3. The fourth-order valence-corrected chi connectivity index (χ4v) is 2.74. The summed E-state index contributed by atoms with van der Waals surface area (Å²) in [4.78, 5) is 24.3. The molecule has 1 heterocycles. The van der Waals surface area contributed by atoms with Crippen LogP contribution in [0.2, 0.25) is 0 Å². The minimum absolute atomic E-state index is 0.284. The number of H-pyrrole nitrogens is 1. The highest BCUT2D eigenvalue weighted by Gasteiger charge is 2.64. The second kappa shape index (κ2) is 6.07. The van der Waals surface area contributed by atoms with Crippen molar-refractivity contribution < 1.29 is 27.8 Å². The van der Waals surface area contributed by atoms with E-state index < -0.39 is 28.9 Å². The van der Waals surface area contributed by atoms with Crippen LogP contribution in [0, 0.1) is 20.8 Å². The van der Waals surface area contributed by atoms with Crippen molar-refractivity contribution in [2.24, 2.45) is 0 Å². The van der Waals surface area contributed by atoms with Gasteiger partial charge in [-0.05, 0) is 44.0 Å². The van der Waals surface area contributed by atoms with Gasteiger partial charge >= 0.3 is 12.1 Å². The van der Waals surface area contributed by atoms with Crippen molar-refractivity contribution in [1.29, 1.82) is 0 Å². The predicted molar refractivity (Wildman–Crippen MR) is 82.6 cm³/mol. The number of carbonyl (C=O) groups excluding carboxylic acids is 1. The first kappa shape index (κ1) is 18.8. The molecule has 1 aromatic heterocycles. The van der Waals surface area contributed by atoms with Crippen molar-refractivity contribution >= 4 is 5.97 Å². The molecular formula is C16H17F3N2O4. The number of hydrogen-bond acceptors (Lipinski definition) is 4. The first-order valence-electron chi connectivity index (χ1n) is 7.21. The van der Waals surface area contributed by atoms with Gasteiger partial charge in [0.1, 0.15) is 0 Å². The minimum atomic E-state index is -5.44. The number of esters is 1. The van der Waals surface area contributed by atoms with Crippen molar-refractivity contribution in [1.82, 2.24) is 9.78 Å². The highest BCUT2D eigenvalue weighted by Crippen LogP contribution is 2.39. The zero-order valence-electron chi connectivity index (χ0n) is 14.0. The summed E-state index contributed by atoms with van der Waals surface area (Å²) in [6, 6.07) is 4.99. The Morgan fingerprint density at radius 1 is 1.16 bits per heavy atom. The number of aryl methyl sites for hydroxylation is 3. The summed E-state index contributed by atoms with van der Waals surface area (Å²) in [5, 5.41) is 12.6. The molecule has 136 valence electrons. The summed E-state index contributed by atoms with van der Waals surface area (Å²) in [5.41, 5.74) is -4.81. The average molecular weight is 358 g/mol. The van der Waals surface area contributed by atoms with Crippen molar-refractivity contribution in [2.45, 2.75) is 32.5 Å². The maximum Gasteiger partial charge on any atom is 0.432 e. The minimum Gasteiger partial charge on any atom is -0.466 e. The number of aromatic amines is 1. The van der Waals surface area contributed by atoms with E-state index in [9.17, 15) is 27.9 Å². The molecule has 25 heavy (non-hydrogen) atoms. The smallest absolute Gasteiger partial charge is 0.432 e. The quantitative estimate of drug-likeness (QED) is 0.822. The van der Waals surface area contributed by atoms with Crippen molar-refractivity contribution in [2.75, 3.05) is 7.11 Å². The second-order valence-electron chi connectivity index (χ2n) is 5.80. The van der Waals surface area contributed by atoms with E-state index >= 15 is 0 Å². The lowest BCUT2D eigenvalue weighted by molar-refractivity contribution is -0.267. The molecule has 2 N–H and O–H groups in total. The van der Waals surface area contributed by atoms with Gasteiger partial charge in [-0.3, -0.25) is 9.89 Å². The van der Waals surface area contributed by atoms with Crippen molar-refractivity contribution in [3.63, 3.8) is 0 Å². The molecule has 0 fully saturated rings. The van der Waals surface area contributed by atoms with E-state index in [0.29, 0.717) is 7.11 Å². The Morgan fingerprint density at radius 3 is 2.12 bits per heavy atom. The number of carbonyl (C=O) groups is 1. The fraction of sp³-hybridized carbons (Fsp3) is 0.375. The Bertz CT molecular complexity index is 862. The number of methoxy groups -OCH3 is 1. The predicted octanol–water partition coefficient (Wildman–Crippen LogP) is 2.01. The van der Waals surface area contributed by atoms with E-state index in [2.05, 4.69) is 9.84 Å². The third kappa shape index (κ3) is 2.95. The van der Waals surface area contributed by atoms with Gasteiger partial charge in [0.05, 0.1) is 18.4 Å². The standard InChI is InChI=1S/C16H17F3N2O4/c1-8-5-9(2)7-11(6-8)21-13(22)12(10(3)20-21)15(24,14(23)25-4)16(17,18)19/h5-7,20,24H,1-4H3. The van der Waals surface area contributed by atoms with Crippen LogP contribution in [0.5, 0.6) is 0 Å². The molecule has 0 radical (unpaired) electrons. The maximum atomic E-state index is 13.4. The van der Waals surface area contributed by atoms with Crippen LogP contribution >= 0.6 is 0 Å². The third-order valence-electron chi connectivity index (χ3n) is 3.79. The molecule has 1 unspecified atom stereocenters. The van der Waals surface area contributed by atoms with Crippen LogP contribution in [0.3, 0.4) is 0 Å². The summed E-state index contributed by atoms with van der Waals surface area (Å²) in [7, 11) is 0.698. The van der Waals surface area contributed by atoms with E-state index in [1.54, 1.807) is 26.0 Å². The summed E-state index contributed by atoms with van der Waals surface area (Å²) in [6.45, 7) is 4.69. The third-order valence-corrected chi connectivity index (χ3v) is 3.79. The molecule has 0 amide bonds. The Hall–Kier alpha value is -2.55. The number of ether oxygens (including phenoxy) is 1. The largest absolute Gasteiger partial charge is 0.466 e. The Balaban J connectivity index is 2.79. The number of nitrogens with zero attached hydrogens (tertiary/aromatic N) is 1. The molecular weight excluding hydrogens is 341 g/mol.